The molecule has 4 heteroatoms. The fourth-order valence-electron chi connectivity index (χ4n) is 4.52. The van der Waals surface area contributed by atoms with Crippen LogP contribution in [0.15, 0.2) is 30.3 Å². The monoisotopic (exact) mass is 329 g/mol. The van der Waals surface area contributed by atoms with E-state index in [1.54, 1.807) is 0 Å². The van der Waals surface area contributed by atoms with Gasteiger partial charge in [-0.15, -0.1) is 0 Å². The Bertz CT molecular complexity index is 533. The lowest BCUT2D eigenvalue weighted by molar-refractivity contribution is -0.128. The van der Waals surface area contributed by atoms with Crippen LogP contribution in [0.2, 0.25) is 0 Å². The number of nitrogens with two attached hydrogens (primary N) is 1. The minimum absolute atomic E-state index is 0.124. The second kappa shape index (κ2) is 7.66. The Morgan fingerprint density at radius 2 is 1.88 bits per heavy atom. The van der Waals surface area contributed by atoms with Crippen molar-refractivity contribution in [1.29, 1.82) is 0 Å². The number of nitrogens with zero attached hydrogens (tertiary/aromatic N) is 1. The molecule has 0 aliphatic heterocycles. The van der Waals surface area contributed by atoms with Gasteiger partial charge >= 0.3 is 0 Å². The van der Waals surface area contributed by atoms with Crippen LogP contribution in [0.25, 0.3) is 0 Å². The van der Waals surface area contributed by atoms with Crippen molar-refractivity contribution in [3.8, 4) is 0 Å². The number of hydrogen-bond acceptors (Lipinski definition) is 3. The van der Waals surface area contributed by atoms with E-state index in [9.17, 15) is 4.79 Å². The zero-order valence-corrected chi connectivity index (χ0v) is 14.9. The second-order valence-corrected chi connectivity index (χ2v) is 7.79. The van der Waals surface area contributed by atoms with E-state index in [0.717, 1.165) is 19.4 Å². The molecule has 0 heterocycles. The van der Waals surface area contributed by atoms with Crippen LogP contribution < -0.4 is 11.1 Å². The number of nitrogens with one attached hydrogen (secondary N) is 1. The highest BCUT2D eigenvalue weighted by molar-refractivity contribution is 5.81. The maximum Gasteiger partial charge on any atom is 0.237 e. The summed E-state index contributed by atoms with van der Waals surface area (Å²) in [5, 5.41) is 3.37. The van der Waals surface area contributed by atoms with Crippen LogP contribution in [0, 0.1) is 11.8 Å². The predicted octanol–water partition coefficient (Wildman–Crippen LogP) is 2.53. The van der Waals surface area contributed by atoms with Gasteiger partial charge in [-0.25, -0.2) is 0 Å². The molecule has 1 aromatic carbocycles. The van der Waals surface area contributed by atoms with E-state index in [2.05, 4.69) is 22.3 Å². The Kier molecular flexibility index (Phi) is 5.57. The molecule has 24 heavy (non-hydrogen) atoms. The van der Waals surface area contributed by atoms with Gasteiger partial charge in [-0.05, 0) is 57.1 Å². The van der Waals surface area contributed by atoms with Gasteiger partial charge in [0.25, 0.3) is 0 Å². The maximum atomic E-state index is 12.8. The van der Waals surface area contributed by atoms with E-state index in [0.29, 0.717) is 23.9 Å². The van der Waals surface area contributed by atoms with Crippen molar-refractivity contribution in [2.45, 2.75) is 63.7 Å². The molecular weight excluding hydrogens is 298 g/mol. The number of likely N-dealkylation sites (N-methyl/N-ethyl adjacent to an activating group) is 1. The Morgan fingerprint density at radius 1 is 1.25 bits per heavy atom. The summed E-state index contributed by atoms with van der Waals surface area (Å²) in [6.45, 7) is 2.79. The first-order valence-corrected chi connectivity index (χ1v) is 9.34. The molecule has 3 N–H and O–H groups in total. The van der Waals surface area contributed by atoms with Gasteiger partial charge < -0.3 is 11.1 Å². The van der Waals surface area contributed by atoms with Gasteiger partial charge in [-0.3, -0.25) is 9.69 Å². The Labute approximate surface area is 145 Å². The Hall–Kier alpha value is -1.39. The van der Waals surface area contributed by atoms with Crippen molar-refractivity contribution in [2.75, 3.05) is 7.05 Å². The molecule has 1 amide bonds. The highest BCUT2D eigenvalue weighted by Crippen LogP contribution is 2.39. The number of fused-ring (bicyclic) bond motifs is 2. The third-order valence-corrected chi connectivity index (χ3v) is 6.00. The third-order valence-electron chi connectivity index (χ3n) is 6.00. The molecule has 132 valence electrons. The summed E-state index contributed by atoms with van der Waals surface area (Å²) < 4.78 is 0. The van der Waals surface area contributed by atoms with Crippen LogP contribution in [-0.2, 0) is 11.3 Å². The zero-order chi connectivity index (χ0) is 17.1. The summed E-state index contributed by atoms with van der Waals surface area (Å²) in [4.78, 5) is 14.9. The topological polar surface area (TPSA) is 58.4 Å². The van der Waals surface area contributed by atoms with Crippen LogP contribution in [0.3, 0.4) is 0 Å². The van der Waals surface area contributed by atoms with Crippen LogP contribution in [0.4, 0.5) is 0 Å². The highest BCUT2D eigenvalue weighted by Gasteiger charge is 2.40. The molecule has 2 saturated carbocycles. The zero-order valence-electron chi connectivity index (χ0n) is 14.9. The Balaban J connectivity index is 1.57. The first kappa shape index (κ1) is 17.4. The van der Waals surface area contributed by atoms with Crippen molar-refractivity contribution >= 4 is 5.91 Å². The van der Waals surface area contributed by atoms with Crippen molar-refractivity contribution < 1.29 is 4.79 Å². The quantitative estimate of drug-likeness (QED) is 0.873. The minimum atomic E-state index is -0.124. The number of hydrogen-bond donors (Lipinski definition) is 2. The first-order valence-electron chi connectivity index (χ1n) is 9.34. The fourth-order valence-corrected chi connectivity index (χ4v) is 4.52. The minimum Gasteiger partial charge on any atom is -0.351 e. The summed E-state index contributed by atoms with van der Waals surface area (Å²) in [7, 11) is 2.02. The summed E-state index contributed by atoms with van der Waals surface area (Å²) in [6.07, 6.45) is 5.84. The van der Waals surface area contributed by atoms with E-state index >= 15 is 0 Å². The second-order valence-electron chi connectivity index (χ2n) is 7.79. The third kappa shape index (κ3) is 3.98. The lowest BCUT2D eigenvalue weighted by Gasteiger charge is -2.45. The van der Waals surface area contributed by atoms with E-state index in [4.69, 9.17) is 5.73 Å². The van der Waals surface area contributed by atoms with Crippen molar-refractivity contribution in [3.05, 3.63) is 35.9 Å². The maximum absolute atomic E-state index is 12.8. The molecule has 3 rings (SSSR count). The molecule has 1 aromatic rings. The Morgan fingerprint density at radius 3 is 2.50 bits per heavy atom. The van der Waals surface area contributed by atoms with Gasteiger partial charge in [0.1, 0.15) is 0 Å². The van der Waals surface area contributed by atoms with Crippen molar-refractivity contribution in [3.63, 3.8) is 0 Å². The predicted molar refractivity (Wildman–Crippen MR) is 97.3 cm³/mol. The van der Waals surface area contributed by atoms with Gasteiger partial charge in [-0.1, -0.05) is 36.8 Å². The van der Waals surface area contributed by atoms with E-state index in [-0.39, 0.29) is 11.9 Å². The molecule has 4 nitrogen and oxygen atoms in total. The molecule has 2 aliphatic carbocycles. The number of amides is 1. The summed E-state index contributed by atoms with van der Waals surface area (Å²) in [5.74, 6) is 1.30. The van der Waals surface area contributed by atoms with Gasteiger partial charge in [0, 0.05) is 18.6 Å². The van der Waals surface area contributed by atoms with Crippen LogP contribution in [0.1, 0.15) is 44.6 Å². The summed E-state index contributed by atoms with van der Waals surface area (Å²) >= 11 is 0. The van der Waals surface area contributed by atoms with Crippen LogP contribution in [0.5, 0.6) is 0 Å². The van der Waals surface area contributed by atoms with Crippen molar-refractivity contribution in [1.82, 2.24) is 10.2 Å². The average Bonchev–Trinajstić information content (AvgIpc) is 2.55. The lowest BCUT2D eigenvalue weighted by Crippen LogP contribution is -2.56. The average molecular weight is 329 g/mol. The van der Waals surface area contributed by atoms with E-state index in [1.165, 1.54) is 24.8 Å². The number of carbonyl (C=O) groups excluding carboxylic acids is 1. The van der Waals surface area contributed by atoms with Crippen LogP contribution >= 0.6 is 0 Å². The molecular formula is C20H31N3O. The molecule has 0 aromatic heterocycles. The molecule has 3 unspecified atom stereocenters. The first-order chi connectivity index (χ1) is 11.5. The molecule has 0 spiro atoms. The molecule has 3 atom stereocenters. The molecule has 0 saturated heterocycles. The molecule has 2 aliphatic rings. The number of benzene rings is 1. The summed E-state index contributed by atoms with van der Waals surface area (Å²) in [5.41, 5.74) is 7.43. The standard InChI is InChI=1S/C20H31N3O/c1-14(23(2)13-15-7-4-3-5-8-15)20(24)22-19-16-9-6-10-17(19)12-18(21)11-16/h3-5,7-8,14,16-19H,6,9-13,21H2,1-2H3,(H,22,24). The highest BCUT2D eigenvalue weighted by atomic mass is 16.2. The molecule has 2 fully saturated rings. The molecule has 2 bridgehead atoms. The fraction of sp³-hybridized carbons (Fsp3) is 0.650. The van der Waals surface area contributed by atoms with Gasteiger partial charge in [0.15, 0.2) is 0 Å². The SMILES string of the molecule is CC(C(=O)NC1C2CCCC1CC(N)C2)N(C)Cc1ccccc1. The summed E-state index contributed by atoms with van der Waals surface area (Å²) in [6, 6.07) is 10.8. The number of carbonyl (C=O) groups is 1. The van der Waals surface area contributed by atoms with Gasteiger partial charge in [0.2, 0.25) is 5.91 Å². The number of rotatable bonds is 5. The normalized spacial score (nSPS) is 30.8. The molecule has 0 radical (unpaired) electrons. The van der Waals surface area contributed by atoms with Crippen molar-refractivity contribution in [2.24, 2.45) is 17.6 Å². The lowest BCUT2D eigenvalue weighted by atomic mass is 9.67. The van der Waals surface area contributed by atoms with Gasteiger partial charge in [-0.2, -0.15) is 0 Å². The largest absolute Gasteiger partial charge is 0.351 e. The van der Waals surface area contributed by atoms with E-state index in [1.807, 2.05) is 32.2 Å². The van der Waals surface area contributed by atoms with Crippen LogP contribution in [-0.4, -0.2) is 36.0 Å². The van der Waals surface area contributed by atoms with E-state index < -0.39 is 0 Å². The van der Waals surface area contributed by atoms with Gasteiger partial charge in [0.05, 0.1) is 6.04 Å². The smallest absolute Gasteiger partial charge is 0.237 e.